The molecule has 4 heterocycles. The number of fused-ring (bicyclic) bond motifs is 3. The standard InChI is InChI=1S/C17H16FNO.C16H15FN2O.C15H19FN2O2.C15H19FN2O.C13H14FNO.C12H15FN2O/c1-11-8-15(18)6-7-16(11)19-17(20)14-9-12-4-2-3-5-13(12)10-14;1-11-8-14(17)6-7-15(11)18-16(20)19-9-12-4-2-3-5-13(12)10-19;1-10-7-13(16)5-6-14(10)17-15(20)18-8-12(9-18)4-3-11(2)19;1-10-7-13(16)5-6-14(10)17-15(19)18-8-11-3-2-4-12(11)9-18;1-9-8-11(14)6-7-12(9)15-13(16)10-4-2-3-5-10;1-9-8-10(13)4-5-11(9)14-12(16)15-6-2-3-7-15/h2-8,14H,9-10H2,1H3,(H,19,20);2-8H,9-10H2,1H3,(H,18,20);5-7,12H,3-4,8-9H2,1-2H3,(H,17,20);5-7,11-12H,2-4,8-9H2,1H3,(H,17,19);4,6-8H,2-3,5H2,1H3,(H,15,16);4-5,8H,2-3,6-7H2,1H3,(H,14,16). The van der Waals surface area contributed by atoms with E-state index in [1.54, 1.807) is 99.6 Å². The van der Waals surface area contributed by atoms with Crippen LogP contribution in [0.4, 0.5) is 79.6 Å². The molecule has 1 saturated carbocycles. The number of Topliss-reactive ketones (excluding diaryl/α,β-unsaturated/α-hetero) is 1. The average molecular weight is 1520 g/mol. The highest BCUT2D eigenvalue weighted by Crippen LogP contribution is 2.38. The summed E-state index contributed by atoms with van der Waals surface area (Å²) in [7, 11) is 0. The minimum absolute atomic E-state index is 0.0101. The molecule has 0 spiro atoms. The van der Waals surface area contributed by atoms with Gasteiger partial charge in [-0.3, -0.25) is 9.59 Å². The molecule has 3 aliphatic carbocycles. The van der Waals surface area contributed by atoms with Crippen molar-refractivity contribution < 1.29 is 59.9 Å². The first kappa shape index (κ1) is 82.3. The number of benzene rings is 8. The lowest BCUT2D eigenvalue weighted by atomic mass is 9.94. The molecule has 8 aromatic carbocycles. The molecule has 2 unspecified atom stereocenters. The van der Waals surface area contributed by atoms with Gasteiger partial charge in [0.2, 0.25) is 5.91 Å². The van der Waals surface area contributed by atoms with Gasteiger partial charge >= 0.3 is 24.1 Å². The second kappa shape index (κ2) is 38.9. The van der Waals surface area contributed by atoms with Crippen LogP contribution in [0.2, 0.25) is 0 Å². The van der Waals surface area contributed by atoms with Crippen LogP contribution < -0.4 is 31.9 Å². The van der Waals surface area contributed by atoms with Gasteiger partial charge in [0, 0.05) is 104 Å². The zero-order valence-electron chi connectivity index (χ0n) is 64.0. The number of hydrogen-bond donors (Lipinski definition) is 6. The Labute approximate surface area is 645 Å². The first-order valence-electron chi connectivity index (χ1n) is 37.9. The monoisotopic (exact) mass is 1520 g/mol. The fraction of sp³-hybridized carbons (Fsp3) is 0.352. The first-order chi connectivity index (χ1) is 53.2. The van der Waals surface area contributed by atoms with Crippen LogP contribution in [-0.2, 0) is 40.3 Å². The maximum absolute atomic E-state index is 13.1. The Balaban J connectivity index is 0.000000142. The molecule has 0 bridgehead atoms. The molecule has 2 atom stereocenters. The van der Waals surface area contributed by atoms with Gasteiger partial charge in [-0.1, -0.05) is 61.0 Å². The number of carbonyl (C=O) groups excluding carboxylic acids is 7. The number of ketones is 1. The van der Waals surface area contributed by atoms with Gasteiger partial charge in [0.1, 0.15) is 40.7 Å². The topological polar surface area (TPSA) is 205 Å². The molecule has 23 heteroatoms. The van der Waals surface area contributed by atoms with E-state index in [4.69, 9.17) is 0 Å². The number of aryl methyl sites for hydroxylation is 6. The second-order valence-corrected chi connectivity index (χ2v) is 29.6. The van der Waals surface area contributed by atoms with Crippen molar-refractivity contribution in [1.29, 1.82) is 0 Å². The van der Waals surface area contributed by atoms with E-state index in [0.717, 1.165) is 111 Å². The Hall–Kier alpha value is -11.2. The van der Waals surface area contributed by atoms with Crippen LogP contribution in [0.5, 0.6) is 0 Å². The Morgan fingerprint density at radius 1 is 0.387 bits per heavy atom. The molecular weight excluding hydrogens is 1420 g/mol. The van der Waals surface area contributed by atoms with Crippen molar-refractivity contribution in [3.8, 4) is 0 Å². The van der Waals surface area contributed by atoms with Gasteiger partial charge in [0.15, 0.2) is 0 Å². The maximum Gasteiger partial charge on any atom is 0.322 e. The van der Waals surface area contributed by atoms with Crippen LogP contribution in [0.15, 0.2) is 169 Å². The minimum atomic E-state index is -0.311. The number of anilines is 6. The third-order valence-electron chi connectivity index (χ3n) is 21.0. The number of likely N-dealkylation sites (tertiary alicyclic amines) is 3. The number of nitrogens with one attached hydrogen (secondary N) is 6. The van der Waals surface area contributed by atoms with Crippen molar-refractivity contribution in [2.75, 3.05) is 71.2 Å². The molecular formula is C88H98F6N10O7. The molecule has 8 aromatic rings. The normalized spacial score (nSPS) is 16.3. The second-order valence-electron chi connectivity index (χ2n) is 29.6. The van der Waals surface area contributed by atoms with Crippen LogP contribution in [0.1, 0.15) is 127 Å². The Morgan fingerprint density at radius 3 is 1.09 bits per heavy atom. The fourth-order valence-electron chi connectivity index (χ4n) is 14.6. The van der Waals surface area contributed by atoms with Crippen LogP contribution in [0, 0.1) is 100 Å². The molecule has 4 aliphatic heterocycles. The Bertz CT molecular complexity index is 4540. The number of amides is 10. The predicted molar refractivity (Wildman–Crippen MR) is 423 cm³/mol. The highest BCUT2D eigenvalue weighted by Gasteiger charge is 2.38. The zero-order chi connectivity index (χ0) is 79.4. The summed E-state index contributed by atoms with van der Waals surface area (Å²) in [6, 6.07) is 41.9. The molecule has 7 aliphatic rings. The van der Waals surface area contributed by atoms with E-state index < -0.39 is 0 Å². The number of nitrogens with zero attached hydrogens (tertiary/aromatic N) is 4. The van der Waals surface area contributed by atoms with Crippen molar-refractivity contribution in [1.82, 2.24) is 19.6 Å². The Kier molecular flexibility index (Phi) is 28.8. The largest absolute Gasteiger partial charge is 0.326 e. The quantitative estimate of drug-likeness (QED) is 0.0691. The van der Waals surface area contributed by atoms with Gasteiger partial charge in [0.05, 0.1) is 0 Å². The highest BCUT2D eigenvalue weighted by molar-refractivity contribution is 6.04. The van der Waals surface area contributed by atoms with E-state index in [-0.39, 0.29) is 82.5 Å². The first-order valence-corrected chi connectivity index (χ1v) is 37.9. The van der Waals surface area contributed by atoms with Gasteiger partial charge in [0.25, 0.3) is 5.91 Å². The summed E-state index contributed by atoms with van der Waals surface area (Å²) in [4.78, 5) is 90.3. The van der Waals surface area contributed by atoms with Crippen molar-refractivity contribution >= 4 is 75.8 Å². The highest BCUT2D eigenvalue weighted by atomic mass is 19.1. The van der Waals surface area contributed by atoms with Crippen LogP contribution in [0.25, 0.3) is 0 Å². The molecule has 4 fully saturated rings. The van der Waals surface area contributed by atoms with Crippen LogP contribution in [-0.4, -0.2) is 101 Å². The lowest BCUT2D eigenvalue weighted by Crippen LogP contribution is -2.51. The number of urea groups is 4. The van der Waals surface area contributed by atoms with Crippen molar-refractivity contribution in [2.24, 2.45) is 23.7 Å². The molecule has 0 radical (unpaired) electrons. The number of allylic oxidation sites excluding steroid dienone is 1. The van der Waals surface area contributed by atoms with Gasteiger partial charge < -0.3 is 56.3 Å². The molecule has 0 aromatic heterocycles. The SMILES string of the molecule is CC(=O)CCC1CN(C(=O)Nc2ccc(F)cc2C)C1.Cc1cc(F)ccc1NC(=O)C1=CCCC1.Cc1cc(F)ccc1NC(=O)C1Cc2ccccc2C1.Cc1cc(F)ccc1NC(=O)N1CC2CCCC2C1.Cc1cc(F)ccc1NC(=O)N1CCCC1.Cc1cc(F)ccc1NC(=O)N1Cc2ccccc2C1. The summed E-state index contributed by atoms with van der Waals surface area (Å²) >= 11 is 0. The number of hydrogen-bond acceptors (Lipinski definition) is 7. The van der Waals surface area contributed by atoms with E-state index in [9.17, 15) is 59.9 Å². The van der Waals surface area contributed by atoms with Crippen LogP contribution in [0.3, 0.4) is 0 Å². The summed E-state index contributed by atoms with van der Waals surface area (Å²) in [6.45, 7) is 18.2. The van der Waals surface area contributed by atoms with Crippen LogP contribution >= 0.6 is 0 Å². The molecule has 3 saturated heterocycles. The fourth-order valence-corrected chi connectivity index (χ4v) is 14.6. The molecule has 111 heavy (non-hydrogen) atoms. The van der Waals surface area contributed by atoms with Crippen molar-refractivity contribution in [2.45, 2.75) is 139 Å². The minimum Gasteiger partial charge on any atom is -0.326 e. The van der Waals surface area contributed by atoms with E-state index in [0.29, 0.717) is 90.0 Å². The summed E-state index contributed by atoms with van der Waals surface area (Å²) in [5.74, 6) is 0.184. The number of halogens is 6. The third-order valence-corrected chi connectivity index (χ3v) is 21.0. The molecule has 17 nitrogen and oxygen atoms in total. The van der Waals surface area contributed by atoms with E-state index in [1.165, 1.54) is 114 Å². The lowest BCUT2D eigenvalue weighted by Gasteiger charge is -2.39. The predicted octanol–water partition coefficient (Wildman–Crippen LogP) is 19.5. The third kappa shape index (κ3) is 23.6. The Morgan fingerprint density at radius 2 is 0.730 bits per heavy atom. The number of rotatable bonds is 11. The van der Waals surface area contributed by atoms with Gasteiger partial charge in [-0.2, -0.15) is 0 Å². The smallest absolute Gasteiger partial charge is 0.322 e. The van der Waals surface area contributed by atoms with Gasteiger partial charge in [-0.25, -0.2) is 45.5 Å². The van der Waals surface area contributed by atoms with Crippen molar-refractivity contribution in [3.05, 3.63) is 260 Å². The van der Waals surface area contributed by atoms with E-state index in [2.05, 4.69) is 44.0 Å². The molecule has 6 N–H and O–H groups in total. The van der Waals surface area contributed by atoms with Crippen molar-refractivity contribution in [3.63, 3.8) is 0 Å². The summed E-state index contributed by atoms with van der Waals surface area (Å²) in [6.07, 6.45) is 13.8. The van der Waals surface area contributed by atoms with E-state index in [1.807, 2.05) is 47.4 Å². The molecule has 10 amide bonds. The summed E-state index contributed by atoms with van der Waals surface area (Å²) in [5, 5.41) is 17.0. The number of carbonyl (C=O) groups is 7. The molecule has 15 rings (SSSR count). The maximum atomic E-state index is 13.1. The van der Waals surface area contributed by atoms with Gasteiger partial charge in [-0.05, 0) is 295 Å². The zero-order valence-corrected chi connectivity index (χ0v) is 64.0. The van der Waals surface area contributed by atoms with Gasteiger partial charge in [-0.15, -0.1) is 0 Å². The summed E-state index contributed by atoms with van der Waals surface area (Å²) in [5.41, 5.74) is 14.1. The lowest BCUT2D eigenvalue weighted by molar-refractivity contribution is -0.119. The van der Waals surface area contributed by atoms with E-state index >= 15 is 0 Å². The molecule has 584 valence electrons. The average Bonchev–Trinajstić information content (AvgIpc) is 1.67. The summed E-state index contributed by atoms with van der Waals surface area (Å²) < 4.78 is 77.8.